The standard InChI is InChI=1S/C11H9ClN4OS/c12-8-5-6(1-2-7(8)11(14)18)16-4-3-9(15-16)10(13)17/h1-5H,(H2,13,17)(H2,14,18). The van der Waals surface area contributed by atoms with E-state index in [9.17, 15) is 4.79 Å². The summed E-state index contributed by atoms with van der Waals surface area (Å²) in [4.78, 5) is 11.2. The number of aromatic nitrogens is 2. The highest BCUT2D eigenvalue weighted by atomic mass is 35.5. The maximum atomic E-state index is 10.9. The van der Waals surface area contributed by atoms with Gasteiger partial charge in [-0.05, 0) is 24.3 Å². The molecule has 0 atom stereocenters. The summed E-state index contributed by atoms with van der Waals surface area (Å²) in [7, 11) is 0. The molecule has 0 spiro atoms. The van der Waals surface area contributed by atoms with Crippen LogP contribution in [0.2, 0.25) is 5.02 Å². The van der Waals surface area contributed by atoms with Gasteiger partial charge >= 0.3 is 0 Å². The smallest absolute Gasteiger partial charge is 0.269 e. The summed E-state index contributed by atoms with van der Waals surface area (Å²) in [6, 6.07) is 6.63. The summed E-state index contributed by atoms with van der Waals surface area (Å²) in [6.45, 7) is 0. The molecule has 92 valence electrons. The summed E-state index contributed by atoms with van der Waals surface area (Å²) >= 11 is 10.9. The Morgan fingerprint density at radius 1 is 1.33 bits per heavy atom. The Kier molecular flexibility index (Phi) is 3.31. The quantitative estimate of drug-likeness (QED) is 0.829. The second-order valence-corrected chi connectivity index (χ2v) is 4.39. The lowest BCUT2D eigenvalue weighted by atomic mass is 10.2. The Labute approximate surface area is 113 Å². The van der Waals surface area contributed by atoms with Gasteiger partial charge in [0.05, 0.1) is 10.7 Å². The average Bonchev–Trinajstić information content (AvgIpc) is 2.77. The first-order chi connectivity index (χ1) is 8.49. The molecule has 0 aliphatic rings. The second-order valence-electron chi connectivity index (χ2n) is 3.54. The van der Waals surface area contributed by atoms with Crippen molar-refractivity contribution >= 4 is 34.7 Å². The van der Waals surface area contributed by atoms with Gasteiger partial charge in [0.2, 0.25) is 0 Å². The van der Waals surface area contributed by atoms with Gasteiger partial charge in [-0.25, -0.2) is 4.68 Å². The van der Waals surface area contributed by atoms with Crippen molar-refractivity contribution in [1.82, 2.24) is 9.78 Å². The zero-order valence-corrected chi connectivity index (χ0v) is 10.7. The van der Waals surface area contributed by atoms with Gasteiger partial charge < -0.3 is 11.5 Å². The molecule has 1 heterocycles. The third-order valence-corrected chi connectivity index (χ3v) is 2.86. The number of carbonyl (C=O) groups is 1. The van der Waals surface area contributed by atoms with Crippen LogP contribution in [0.5, 0.6) is 0 Å². The van der Waals surface area contributed by atoms with Crippen molar-refractivity contribution in [3.8, 4) is 5.69 Å². The number of rotatable bonds is 3. The highest BCUT2D eigenvalue weighted by Crippen LogP contribution is 2.20. The molecular weight excluding hydrogens is 272 g/mol. The fourth-order valence-corrected chi connectivity index (χ4v) is 1.96. The molecule has 1 aromatic heterocycles. The van der Waals surface area contributed by atoms with Crippen LogP contribution in [0.15, 0.2) is 30.5 Å². The van der Waals surface area contributed by atoms with Crippen molar-refractivity contribution in [2.24, 2.45) is 11.5 Å². The molecule has 7 heteroatoms. The van der Waals surface area contributed by atoms with E-state index in [4.69, 9.17) is 35.3 Å². The lowest BCUT2D eigenvalue weighted by Crippen LogP contribution is -2.12. The molecule has 0 bridgehead atoms. The van der Waals surface area contributed by atoms with Gasteiger partial charge in [-0.1, -0.05) is 23.8 Å². The van der Waals surface area contributed by atoms with Gasteiger partial charge in [0.15, 0.2) is 0 Å². The molecule has 0 unspecified atom stereocenters. The van der Waals surface area contributed by atoms with Crippen LogP contribution in [-0.4, -0.2) is 20.7 Å². The summed E-state index contributed by atoms with van der Waals surface area (Å²) in [5, 5.41) is 4.44. The second kappa shape index (κ2) is 4.75. The van der Waals surface area contributed by atoms with Gasteiger partial charge in [-0.3, -0.25) is 4.79 Å². The monoisotopic (exact) mass is 280 g/mol. The third kappa shape index (κ3) is 2.34. The van der Waals surface area contributed by atoms with Gasteiger partial charge in [-0.15, -0.1) is 0 Å². The van der Waals surface area contributed by atoms with E-state index in [2.05, 4.69) is 5.10 Å². The van der Waals surface area contributed by atoms with Crippen LogP contribution in [-0.2, 0) is 0 Å². The van der Waals surface area contributed by atoms with E-state index in [1.165, 1.54) is 10.7 Å². The lowest BCUT2D eigenvalue weighted by Gasteiger charge is -2.05. The van der Waals surface area contributed by atoms with Crippen LogP contribution in [0.4, 0.5) is 0 Å². The Morgan fingerprint density at radius 3 is 2.56 bits per heavy atom. The molecule has 0 aliphatic carbocycles. The number of primary amides is 1. The molecule has 4 N–H and O–H groups in total. The average molecular weight is 281 g/mol. The predicted molar refractivity (Wildman–Crippen MR) is 73.0 cm³/mol. The van der Waals surface area contributed by atoms with Crippen LogP contribution >= 0.6 is 23.8 Å². The Hall–Kier alpha value is -1.92. The summed E-state index contributed by atoms with van der Waals surface area (Å²) in [6.07, 6.45) is 1.62. The molecule has 18 heavy (non-hydrogen) atoms. The topological polar surface area (TPSA) is 86.9 Å². The van der Waals surface area contributed by atoms with Gasteiger partial charge in [0, 0.05) is 11.8 Å². The van der Waals surface area contributed by atoms with Gasteiger partial charge in [0.25, 0.3) is 5.91 Å². The number of hydrogen-bond donors (Lipinski definition) is 2. The van der Waals surface area contributed by atoms with Crippen molar-refractivity contribution in [1.29, 1.82) is 0 Å². The molecule has 2 rings (SSSR count). The van der Waals surface area contributed by atoms with E-state index >= 15 is 0 Å². The van der Waals surface area contributed by atoms with Crippen molar-refractivity contribution in [2.45, 2.75) is 0 Å². The van der Waals surface area contributed by atoms with E-state index in [1.54, 1.807) is 24.4 Å². The Morgan fingerprint density at radius 2 is 2.06 bits per heavy atom. The third-order valence-electron chi connectivity index (χ3n) is 2.32. The number of thiocarbonyl (C=S) groups is 1. The minimum Gasteiger partial charge on any atom is -0.389 e. The predicted octanol–water partition coefficient (Wildman–Crippen LogP) is 1.26. The Balaban J connectivity index is 2.42. The minimum absolute atomic E-state index is 0.185. The molecule has 0 fully saturated rings. The highest BCUT2D eigenvalue weighted by Gasteiger charge is 2.08. The number of benzene rings is 1. The normalized spacial score (nSPS) is 10.3. The fraction of sp³-hybridized carbons (Fsp3) is 0. The van der Waals surface area contributed by atoms with E-state index < -0.39 is 5.91 Å². The molecule has 0 saturated heterocycles. The van der Waals surface area contributed by atoms with E-state index in [1.807, 2.05) is 0 Å². The maximum absolute atomic E-state index is 10.9. The van der Waals surface area contributed by atoms with Gasteiger partial charge in [-0.2, -0.15) is 5.10 Å². The first kappa shape index (κ1) is 12.5. The van der Waals surface area contributed by atoms with Crippen molar-refractivity contribution in [2.75, 3.05) is 0 Å². The highest BCUT2D eigenvalue weighted by molar-refractivity contribution is 7.80. The molecule has 5 nitrogen and oxygen atoms in total. The maximum Gasteiger partial charge on any atom is 0.269 e. The summed E-state index contributed by atoms with van der Waals surface area (Å²) in [5.74, 6) is -0.584. The zero-order valence-electron chi connectivity index (χ0n) is 9.13. The molecule has 0 saturated carbocycles. The van der Waals surface area contributed by atoms with Crippen LogP contribution in [0, 0.1) is 0 Å². The lowest BCUT2D eigenvalue weighted by molar-refractivity contribution is 0.0995. The van der Waals surface area contributed by atoms with E-state index in [-0.39, 0.29) is 10.7 Å². The van der Waals surface area contributed by atoms with Gasteiger partial charge in [0.1, 0.15) is 10.7 Å². The molecule has 1 amide bonds. The van der Waals surface area contributed by atoms with Crippen molar-refractivity contribution in [3.63, 3.8) is 0 Å². The van der Waals surface area contributed by atoms with E-state index in [0.717, 1.165) is 0 Å². The van der Waals surface area contributed by atoms with Crippen LogP contribution in [0.1, 0.15) is 16.1 Å². The number of hydrogen-bond acceptors (Lipinski definition) is 3. The van der Waals surface area contributed by atoms with Crippen LogP contribution < -0.4 is 11.5 Å². The number of carbonyl (C=O) groups excluding carboxylic acids is 1. The van der Waals surface area contributed by atoms with Crippen LogP contribution in [0.3, 0.4) is 0 Å². The van der Waals surface area contributed by atoms with E-state index in [0.29, 0.717) is 16.3 Å². The van der Waals surface area contributed by atoms with Crippen molar-refractivity contribution in [3.05, 3.63) is 46.7 Å². The van der Waals surface area contributed by atoms with Crippen LogP contribution in [0.25, 0.3) is 5.69 Å². The molecule has 0 aliphatic heterocycles. The SMILES string of the molecule is NC(=O)c1ccn(-c2ccc(C(N)=S)c(Cl)c2)n1. The summed E-state index contributed by atoms with van der Waals surface area (Å²) < 4.78 is 1.50. The van der Waals surface area contributed by atoms with Crippen molar-refractivity contribution < 1.29 is 4.79 Å². The molecule has 1 aromatic carbocycles. The molecular formula is C11H9ClN4OS. The Bertz CT molecular complexity index is 638. The number of halogens is 1. The molecule has 2 aromatic rings. The summed E-state index contributed by atoms with van der Waals surface area (Å²) in [5.41, 5.74) is 12.1. The zero-order chi connectivity index (χ0) is 13.3. The minimum atomic E-state index is -0.584. The molecule has 0 radical (unpaired) electrons. The number of nitrogens with two attached hydrogens (primary N) is 2. The first-order valence-corrected chi connectivity index (χ1v) is 5.73. The fourth-order valence-electron chi connectivity index (χ4n) is 1.45. The first-order valence-electron chi connectivity index (χ1n) is 4.94. The number of nitrogens with zero attached hydrogens (tertiary/aromatic N) is 2. The largest absolute Gasteiger partial charge is 0.389 e. The number of amides is 1.